The predicted molar refractivity (Wildman–Crippen MR) is 105 cm³/mol. The van der Waals surface area contributed by atoms with Crippen LogP contribution >= 0.6 is 0 Å². The van der Waals surface area contributed by atoms with Crippen LogP contribution in [0.15, 0.2) is 40.3 Å². The maximum Gasteiger partial charge on any atom is 0.129 e. The van der Waals surface area contributed by atoms with Crippen LogP contribution in [0.5, 0.6) is 0 Å². The number of hydrogen-bond acceptors (Lipinski definition) is 3. The van der Waals surface area contributed by atoms with E-state index in [1.807, 2.05) is 6.07 Å². The molecule has 2 aliphatic rings. The van der Waals surface area contributed by atoms with Crippen LogP contribution in [0, 0.1) is 0 Å². The van der Waals surface area contributed by atoms with Crippen molar-refractivity contribution >= 4 is 18.0 Å². The van der Waals surface area contributed by atoms with Crippen molar-refractivity contribution < 1.29 is 4.42 Å². The highest BCUT2D eigenvalue weighted by Crippen LogP contribution is 2.10. The lowest BCUT2D eigenvalue weighted by Crippen LogP contribution is -2.35. The molecule has 0 spiro atoms. The van der Waals surface area contributed by atoms with Crippen molar-refractivity contribution in [3.8, 4) is 0 Å². The molecule has 1 aliphatic carbocycles. The van der Waals surface area contributed by atoms with Crippen molar-refractivity contribution in [1.29, 1.82) is 0 Å². The van der Waals surface area contributed by atoms with Crippen LogP contribution < -0.4 is 16.3 Å². The Morgan fingerprint density at radius 2 is 2.08 bits per heavy atom. The van der Waals surface area contributed by atoms with Gasteiger partial charge in [-0.25, -0.2) is 0 Å². The van der Waals surface area contributed by atoms with Gasteiger partial charge < -0.3 is 19.6 Å². The largest absolute Gasteiger partial charge is 0.472 e. The summed E-state index contributed by atoms with van der Waals surface area (Å²) >= 11 is 0. The maximum absolute atomic E-state index is 6.11. The molecule has 5 nitrogen and oxygen atoms in total. The summed E-state index contributed by atoms with van der Waals surface area (Å²) in [6, 6.07) is 4.15. The molecule has 0 radical (unpaired) electrons. The lowest BCUT2D eigenvalue weighted by molar-refractivity contribution is 0.222. The Morgan fingerprint density at radius 1 is 1.19 bits per heavy atom. The van der Waals surface area contributed by atoms with Crippen molar-refractivity contribution in [2.45, 2.75) is 44.7 Å². The van der Waals surface area contributed by atoms with E-state index in [-0.39, 0.29) is 6.04 Å². The number of fused-ring (bicyclic) bond motifs is 1. The first-order valence-electron chi connectivity index (χ1n) is 9.75. The van der Waals surface area contributed by atoms with Crippen LogP contribution in [0.3, 0.4) is 0 Å². The number of nitrogens with two attached hydrogens (primary N) is 1. The van der Waals surface area contributed by atoms with Gasteiger partial charge in [-0.2, -0.15) is 0 Å². The number of aryl methyl sites for hydroxylation is 1. The molecular weight excluding hydrogens is 324 g/mol. The van der Waals surface area contributed by atoms with E-state index in [1.165, 1.54) is 55.9 Å². The molecule has 3 heterocycles. The van der Waals surface area contributed by atoms with Gasteiger partial charge in [-0.15, -0.1) is 0 Å². The first-order chi connectivity index (χ1) is 12.8. The Balaban J connectivity index is 1.43. The molecule has 2 aromatic heterocycles. The lowest BCUT2D eigenvalue weighted by atomic mass is 10.1. The summed E-state index contributed by atoms with van der Waals surface area (Å²) in [5, 5.41) is 2.60. The summed E-state index contributed by atoms with van der Waals surface area (Å²) in [5.41, 5.74) is 6.96. The molecule has 0 aromatic carbocycles. The third-order valence-corrected chi connectivity index (χ3v) is 5.41. The Kier molecular flexibility index (Phi) is 5.25. The van der Waals surface area contributed by atoms with E-state index in [2.05, 4.69) is 38.9 Å². The van der Waals surface area contributed by atoms with Gasteiger partial charge in [-0.3, -0.25) is 4.99 Å². The molecule has 1 fully saturated rings. The number of amidine groups is 1. The highest BCUT2D eigenvalue weighted by molar-refractivity contribution is 5.97. The fourth-order valence-electron chi connectivity index (χ4n) is 3.96. The number of furan rings is 1. The van der Waals surface area contributed by atoms with E-state index >= 15 is 0 Å². The number of piperidine rings is 1. The molecule has 5 heteroatoms. The van der Waals surface area contributed by atoms with Crippen molar-refractivity contribution in [3.63, 3.8) is 0 Å². The SMILES string of the molecule is NC(=NC1C=c2c(ccn2CCCN2CCCCC2)=CC1)c1ccoc1. The van der Waals surface area contributed by atoms with Crippen molar-refractivity contribution in [2.75, 3.05) is 19.6 Å². The van der Waals surface area contributed by atoms with Gasteiger partial charge in [0.2, 0.25) is 0 Å². The van der Waals surface area contributed by atoms with E-state index < -0.39 is 0 Å². The zero-order valence-electron chi connectivity index (χ0n) is 15.3. The Labute approximate surface area is 154 Å². The van der Waals surface area contributed by atoms with Crippen LogP contribution in [0.2, 0.25) is 0 Å². The lowest BCUT2D eigenvalue weighted by Gasteiger charge is -2.26. The molecule has 4 rings (SSSR count). The number of aromatic nitrogens is 1. The molecule has 0 amide bonds. The topological polar surface area (TPSA) is 59.7 Å². The number of aliphatic imine (C=N–C) groups is 1. The van der Waals surface area contributed by atoms with Gasteiger partial charge in [-0.1, -0.05) is 12.5 Å². The number of rotatable bonds is 6. The smallest absolute Gasteiger partial charge is 0.129 e. The average molecular weight is 352 g/mol. The van der Waals surface area contributed by atoms with E-state index in [9.17, 15) is 0 Å². The van der Waals surface area contributed by atoms with Gasteiger partial charge in [0.05, 0.1) is 17.9 Å². The van der Waals surface area contributed by atoms with Crippen molar-refractivity contribution in [3.05, 3.63) is 47.0 Å². The number of likely N-dealkylation sites (tertiary alicyclic amines) is 1. The minimum atomic E-state index is 0.0909. The Bertz CT molecular complexity index is 856. The van der Waals surface area contributed by atoms with E-state index in [0.717, 1.165) is 18.5 Å². The van der Waals surface area contributed by atoms with Gasteiger partial charge in [0.15, 0.2) is 0 Å². The second-order valence-corrected chi connectivity index (χ2v) is 7.31. The fourth-order valence-corrected chi connectivity index (χ4v) is 3.96. The number of hydrogen-bond donors (Lipinski definition) is 1. The average Bonchev–Trinajstić information content (AvgIpc) is 3.33. The summed E-state index contributed by atoms with van der Waals surface area (Å²) < 4.78 is 7.46. The zero-order chi connectivity index (χ0) is 17.8. The zero-order valence-corrected chi connectivity index (χ0v) is 15.3. The molecule has 1 saturated heterocycles. The van der Waals surface area contributed by atoms with Gasteiger partial charge in [0.25, 0.3) is 0 Å². The monoisotopic (exact) mass is 352 g/mol. The molecule has 1 aliphatic heterocycles. The molecule has 0 bridgehead atoms. The third-order valence-electron chi connectivity index (χ3n) is 5.41. The standard InChI is InChI=1S/C21H28N4O/c22-21(18-8-14-26-16-18)23-19-6-5-17-7-13-25(20(17)15-19)12-4-11-24-9-2-1-3-10-24/h5,7-8,13-16,19H,1-4,6,9-12H2,(H2,22,23). The summed E-state index contributed by atoms with van der Waals surface area (Å²) in [7, 11) is 0. The second-order valence-electron chi connectivity index (χ2n) is 7.31. The van der Waals surface area contributed by atoms with E-state index in [0.29, 0.717) is 5.84 Å². The second kappa shape index (κ2) is 7.96. The Hall–Kier alpha value is -2.27. The molecule has 26 heavy (non-hydrogen) atoms. The summed E-state index contributed by atoms with van der Waals surface area (Å²) in [4.78, 5) is 7.28. The highest BCUT2D eigenvalue weighted by Gasteiger charge is 2.12. The summed E-state index contributed by atoms with van der Waals surface area (Å²) in [6.45, 7) is 4.80. The van der Waals surface area contributed by atoms with Crippen molar-refractivity contribution in [1.82, 2.24) is 9.47 Å². The van der Waals surface area contributed by atoms with Crippen LogP contribution in [-0.4, -0.2) is 41.0 Å². The highest BCUT2D eigenvalue weighted by atomic mass is 16.3. The molecule has 1 atom stereocenters. The predicted octanol–water partition coefficient (Wildman–Crippen LogP) is 1.70. The molecule has 2 N–H and O–H groups in total. The minimum absolute atomic E-state index is 0.0909. The number of nitrogens with zero attached hydrogens (tertiary/aromatic N) is 3. The van der Waals surface area contributed by atoms with Gasteiger partial charge >= 0.3 is 0 Å². The Morgan fingerprint density at radius 3 is 2.88 bits per heavy atom. The van der Waals surface area contributed by atoms with E-state index in [1.54, 1.807) is 12.5 Å². The molecular formula is C21H28N4O. The summed E-state index contributed by atoms with van der Waals surface area (Å²) in [5.74, 6) is 0.542. The van der Waals surface area contributed by atoms with Gasteiger partial charge in [0, 0.05) is 18.1 Å². The summed E-state index contributed by atoms with van der Waals surface area (Å²) in [6.07, 6.45) is 16.2. The normalized spacial score (nSPS) is 21.1. The fraction of sp³-hybridized carbons (Fsp3) is 0.476. The van der Waals surface area contributed by atoms with Crippen LogP contribution in [0.1, 0.15) is 37.7 Å². The first kappa shape index (κ1) is 17.2. The van der Waals surface area contributed by atoms with E-state index in [4.69, 9.17) is 10.2 Å². The van der Waals surface area contributed by atoms with Gasteiger partial charge in [0.1, 0.15) is 12.1 Å². The maximum atomic E-state index is 6.11. The van der Waals surface area contributed by atoms with Crippen LogP contribution in [0.4, 0.5) is 0 Å². The van der Waals surface area contributed by atoms with Crippen LogP contribution in [-0.2, 0) is 6.54 Å². The van der Waals surface area contributed by atoms with Crippen molar-refractivity contribution in [2.24, 2.45) is 10.7 Å². The molecule has 138 valence electrons. The van der Waals surface area contributed by atoms with Crippen LogP contribution in [0.25, 0.3) is 12.2 Å². The first-order valence-corrected chi connectivity index (χ1v) is 9.75. The van der Waals surface area contributed by atoms with Gasteiger partial charge in [-0.05, 0) is 68.7 Å². The molecule has 2 aromatic rings. The third kappa shape index (κ3) is 3.93. The minimum Gasteiger partial charge on any atom is -0.472 e. The molecule has 1 unspecified atom stereocenters. The quantitative estimate of drug-likeness (QED) is 0.636. The molecule has 0 saturated carbocycles.